The first-order valence-corrected chi connectivity index (χ1v) is 9.81. The van der Waals surface area contributed by atoms with Crippen LogP contribution in [0.25, 0.3) is 0 Å². The lowest BCUT2D eigenvalue weighted by Crippen LogP contribution is -2.05. The van der Waals surface area contributed by atoms with Crippen LogP contribution in [0.5, 0.6) is 5.75 Å². The third-order valence-electron chi connectivity index (χ3n) is 4.23. The van der Waals surface area contributed by atoms with Crippen molar-refractivity contribution in [3.8, 4) is 5.75 Å². The Hall–Kier alpha value is -1.97. The van der Waals surface area contributed by atoms with Crippen molar-refractivity contribution < 1.29 is 4.74 Å². The SMILES string of the molecule is CCc1ccccc1NCc1cc(Br)ccc1OCc1ccccc1Cl. The van der Waals surface area contributed by atoms with E-state index >= 15 is 0 Å². The molecule has 0 aliphatic heterocycles. The van der Waals surface area contributed by atoms with Crippen LogP contribution in [0, 0.1) is 0 Å². The molecule has 134 valence electrons. The van der Waals surface area contributed by atoms with Gasteiger partial charge in [0.1, 0.15) is 12.4 Å². The number of aryl methyl sites for hydroxylation is 1. The van der Waals surface area contributed by atoms with Gasteiger partial charge in [0.05, 0.1) is 0 Å². The van der Waals surface area contributed by atoms with Crippen molar-refractivity contribution in [2.24, 2.45) is 0 Å². The number of hydrogen-bond donors (Lipinski definition) is 1. The summed E-state index contributed by atoms with van der Waals surface area (Å²) in [6.45, 7) is 3.30. The molecule has 4 heteroatoms. The van der Waals surface area contributed by atoms with Crippen molar-refractivity contribution in [3.63, 3.8) is 0 Å². The van der Waals surface area contributed by atoms with Gasteiger partial charge in [-0.15, -0.1) is 0 Å². The lowest BCUT2D eigenvalue weighted by Gasteiger charge is -2.15. The van der Waals surface area contributed by atoms with Crippen LogP contribution in [0.15, 0.2) is 71.2 Å². The molecule has 2 nitrogen and oxygen atoms in total. The van der Waals surface area contributed by atoms with E-state index in [4.69, 9.17) is 16.3 Å². The highest BCUT2D eigenvalue weighted by atomic mass is 79.9. The standard InChI is InChI=1S/C22H21BrClNO/c1-2-16-7-4-6-10-21(16)25-14-18-13-19(23)11-12-22(18)26-15-17-8-3-5-9-20(17)24/h3-13,25H,2,14-15H2,1H3. The highest BCUT2D eigenvalue weighted by Gasteiger charge is 2.08. The first-order chi connectivity index (χ1) is 12.7. The fourth-order valence-corrected chi connectivity index (χ4v) is 3.39. The van der Waals surface area contributed by atoms with Crippen molar-refractivity contribution in [3.05, 3.63) is 92.9 Å². The van der Waals surface area contributed by atoms with Gasteiger partial charge in [-0.3, -0.25) is 0 Å². The van der Waals surface area contributed by atoms with Crippen LogP contribution in [0.1, 0.15) is 23.6 Å². The normalized spacial score (nSPS) is 10.6. The van der Waals surface area contributed by atoms with Gasteiger partial charge in [0.15, 0.2) is 0 Å². The molecule has 0 saturated heterocycles. The van der Waals surface area contributed by atoms with Gasteiger partial charge < -0.3 is 10.1 Å². The summed E-state index contributed by atoms with van der Waals surface area (Å²) in [6.07, 6.45) is 0.998. The largest absolute Gasteiger partial charge is 0.488 e. The summed E-state index contributed by atoms with van der Waals surface area (Å²) >= 11 is 9.78. The van der Waals surface area contributed by atoms with E-state index in [-0.39, 0.29) is 0 Å². The number of anilines is 1. The van der Waals surface area contributed by atoms with Gasteiger partial charge >= 0.3 is 0 Å². The van der Waals surface area contributed by atoms with Crippen LogP contribution < -0.4 is 10.1 Å². The number of halogens is 2. The number of nitrogens with one attached hydrogen (secondary N) is 1. The molecule has 3 aromatic rings. The van der Waals surface area contributed by atoms with E-state index in [1.54, 1.807) is 0 Å². The van der Waals surface area contributed by atoms with E-state index in [2.05, 4.69) is 58.5 Å². The van der Waals surface area contributed by atoms with Gasteiger partial charge in [0, 0.05) is 32.9 Å². The minimum Gasteiger partial charge on any atom is -0.488 e. The lowest BCUT2D eigenvalue weighted by molar-refractivity contribution is 0.303. The third kappa shape index (κ3) is 4.80. The van der Waals surface area contributed by atoms with Crippen molar-refractivity contribution in [1.29, 1.82) is 0 Å². The van der Waals surface area contributed by atoms with Crippen LogP contribution in [0.4, 0.5) is 5.69 Å². The zero-order chi connectivity index (χ0) is 18.4. The molecule has 0 atom stereocenters. The Kier molecular flexibility index (Phi) is 6.59. The molecule has 0 radical (unpaired) electrons. The Morgan fingerprint density at radius 1 is 0.923 bits per heavy atom. The van der Waals surface area contributed by atoms with Crippen molar-refractivity contribution in [1.82, 2.24) is 0 Å². The Balaban J connectivity index is 1.74. The van der Waals surface area contributed by atoms with Gasteiger partial charge in [0.2, 0.25) is 0 Å². The first-order valence-electron chi connectivity index (χ1n) is 8.63. The predicted molar refractivity (Wildman–Crippen MR) is 113 cm³/mol. The van der Waals surface area contributed by atoms with Crippen LogP contribution in [0.3, 0.4) is 0 Å². The predicted octanol–water partition coefficient (Wildman–Crippen LogP) is 6.86. The van der Waals surface area contributed by atoms with Gasteiger partial charge in [0.25, 0.3) is 0 Å². The molecular formula is C22H21BrClNO. The summed E-state index contributed by atoms with van der Waals surface area (Å²) < 4.78 is 7.09. The van der Waals surface area contributed by atoms with Crippen LogP contribution in [-0.2, 0) is 19.6 Å². The van der Waals surface area contributed by atoms with Gasteiger partial charge in [-0.1, -0.05) is 70.9 Å². The molecule has 0 amide bonds. The fraction of sp³-hybridized carbons (Fsp3) is 0.182. The van der Waals surface area contributed by atoms with Crippen LogP contribution in [-0.4, -0.2) is 0 Å². The average Bonchev–Trinajstić information content (AvgIpc) is 2.67. The fourth-order valence-electron chi connectivity index (χ4n) is 2.79. The number of hydrogen-bond acceptors (Lipinski definition) is 2. The maximum atomic E-state index is 6.23. The van der Waals surface area contributed by atoms with E-state index in [9.17, 15) is 0 Å². The van der Waals surface area contributed by atoms with E-state index in [0.717, 1.165) is 38.5 Å². The molecular weight excluding hydrogens is 410 g/mol. The van der Waals surface area contributed by atoms with Gasteiger partial charge in [-0.05, 0) is 42.3 Å². The molecule has 3 rings (SSSR count). The summed E-state index contributed by atoms with van der Waals surface area (Å²) in [5.41, 5.74) is 4.54. The molecule has 0 bridgehead atoms. The maximum absolute atomic E-state index is 6.23. The Bertz CT molecular complexity index is 882. The molecule has 0 heterocycles. The minimum atomic E-state index is 0.444. The topological polar surface area (TPSA) is 21.3 Å². The Labute approximate surface area is 168 Å². The Morgan fingerprint density at radius 2 is 1.65 bits per heavy atom. The summed E-state index contributed by atoms with van der Waals surface area (Å²) in [7, 11) is 0. The zero-order valence-corrected chi connectivity index (χ0v) is 17.0. The van der Waals surface area contributed by atoms with Crippen LogP contribution in [0.2, 0.25) is 5.02 Å². The molecule has 0 saturated carbocycles. The molecule has 0 spiro atoms. The highest BCUT2D eigenvalue weighted by Crippen LogP contribution is 2.27. The summed E-state index contributed by atoms with van der Waals surface area (Å²) in [5, 5.41) is 4.25. The quantitative estimate of drug-likeness (QED) is 0.442. The Morgan fingerprint density at radius 3 is 2.42 bits per heavy atom. The maximum Gasteiger partial charge on any atom is 0.124 e. The lowest BCUT2D eigenvalue weighted by atomic mass is 10.1. The molecule has 0 fully saturated rings. The molecule has 0 unspecified atom stereocenters. The second-order valence-electron chi connectivity index (χ2n) is 6.00. The summed E-state index contributed by atoms with van der Waals surface area (Å²) in [6, 6.07) is 22.2. The number of para-hydroxylation sites is 1. The first kappa shape index (κ1) is 18.8. The smallest absolute Gasteiger partial charge is 0.124 e. The second kappa shape index (κ2) is 9.11. The number of benzene rings is 3. The second-order valence-corrected chi connectivity index (χ2v) is 7.32. The van der Waals surface area contributed by atoms with Crippen molar-refractivity contribution in [2.75, 3.05) is 5.32 Å². The van der Waals surface area contributed by atoms with E-state index in [1.807, 2.05) is 36.4 Å². The van der Waals surface area contributed by atoms with E-state index < -0.39 is 0 Å². The van der Waals surface area contributed by atoms with Crippen molar-refractivity contribution in [2.45, 2.75) is 26.5 Å². The number of ether oxygens (including phenoxy) is 1. The molecule has 1 N–H and O–H groups in total. The highest BCUT2D eigenvalue weighted by molar-refractivity contribution is 9.10. The molecule has 26 heavy (non-hydrogen) atoms. The van der Waals surface area contributed by atoms with Crippen molar-refractivity contribution >= 4 is 33.2 Å². The zero-order valence-electron chi connectivity index (χ0n) is 14.6. The average molecular weight is 431 g/mol. The van der Waals surface area contributed by atoms with E-state index in [1.165, 1.54) is 5.56 Å². The van der Waals surface area contributed by atoms with Crippen LogP contribution >= 0.6 is 27.5 Å². The monoisotopic (exact) mass is 429 g/mol. The molecule has 3 aromatic carbocycles. The van der Waals surface area contributed by atoms with Gasteiger partial charge in [-0.25, -0.2) is 0 Å². The van der Waals surface area contributed by atoms with E-state index in [0.29, 0.717) is 13.2 Å². The number of rotatable bonds is 7. The summed E-state index contributed by atoms with van der Waals surface area (Å²) in [4.78, 5) is 0. The van der Waals surface area contributed by atoms with Gasteiger partial charge in [-0.2, -0.15) is 0 Å². The third-order valence-corrected chi connectivity index (χ3v) is 5.09. The summed E-state index contributed by atoms with van der Waals surface area (Å²) in [5.74, 6) is 0.856. The molecule has 0 aliphatic rings. The molecule has 0 aliphatic carbocycles. The molecule has 0 aromatic heterocycles. The minimum absolute atomic E-state index is 0.444.